The lowest BCUT2D eigenvalue weighted by Gasteiger charge is -2.23. The topological polar surface area (TPSA) is 71.8 Å². The van der Waals surface area contributed by atoms with E-state index in [0.29, 0.717) is 11.5 Å². The molecule has 3 rings (SSSR count). The molecule has 1 aliphatic heterocycles. The van der Waals surface area contributed by atoms with Gasteiger partial charge in [0.15, 0.2) is 0 Å². The lowest BCUT2D eigenvalue weighted by molar-refractivity contribution is 0.0925. The highest BCUT2D eigenvalue weighted by molar-refractivity contribution is 5.92. The Morgan fingerprint density at radius 3 is 3.10 bits per heavy atom. The van der Waals surface area contributed by atoms with Gasteiger partial charge in [-0.05, 0) is 44.0 Å². The Balaban J connectivity index is 1.79. The summed E-state index contributed by atoms with van der Waals surface area (Å²) in [6.45, 7) is 3.81. The van der Waals surface area contributed by atoms with Crippen LogP contribution >= 0.6 is 0 Å². The maximum Gasteiger partial charge on any atom is 0.270 e. The minimum Gasteiger partial charge on any atom is -0.347 e. The van der Waals surface area contributed by atoms with Gasteiger partial charge >= 0.3 is 0 Å². The van der Waals surface area contributed by atoms with Crippen LogP contribution in [-0.4, -0.2) is 39.6 Å². The fourth-order valence-corrected chi connectivity index (χ4v) is 2.53. The van der Waals surface area contributed by atoms with Crippen LogP contribution in [-0.2, 0) is 0 Å². The number of imidazole rings is 1. The molecule has 0 radical (unpaired) electrons. The van der Waals surface area contributed by atoms with Crippen LogP contribution < -0.4 is 10.6 Å². The van der Waals surface area contributed by atoms with Crippen molar-refractivity contribution in [1.29, 1.82) is 0 Å². The SMILES string of the molecule is Cc1cc(C(=O)N[C@H]2CCCNC2)nc(-n2ccnc2)c1. The van der Waals surface area contributed by atoms with Gasteiger partial charge in [0.2, 0.25) is 0 Å². The second kappa shape index (κ2) is 6.05. The summed E-state index contributed by atoms with van der Waals surface area (Å²) in [5, 5.41) is 6.34. The molecule has 2 aromatic rings. The highest BCUT2D eigenvalue weighted by Gasteiger charge is 2.17. The van der Waals surface area contributed by atoms with E-state index in [-0.39, 0.29) is 11.9 Å². The monoisotopic (exact) mass is 285 g/mol. The summed E-state index contributed by atoms with van der Waals surface area (Å²) in [5.74, 6) is 0.591. The van der Waals surface area contributed by atoms with Gasteiger partial charge in [-0.15, -0.1) is 0 Å². The summed E-state index contributed by atoms with van der Waals surface area (Å²) >= 11 is 0. The molecule has 6 nitrogen and oxygen atoms in total. The number of amides is 1. The molecule has 21 heavy (non-hydrogen) atoms. The van der Waals surface area contributed by atoms with Gasteiger partial charge in [0.05, 0.1) is 0 Å². The van der Waals surface area contributed by atoms with Crippen molar-refractivity contribution in [2.45, 2.75) is 25.8 Å². The van der Waals surface area contributed by atoms with Crippen LogP contribution in [0.4, 0.5) is 0 Å². The van der Waals surface area contributed by atoms with Gasteiger partial charge in [0, 0.05) is 25.0 Å². The first-order chi connectivity index (χ1) is 10.2. The Bertz CT molecular complexity index is 617. The molecule has 0 saturated carbocycles. The van der Waals surface area contributed by atoms with Gasteiger partial charge in [0.25, 0.3) is 5.91 Å². The number of rotatable bonds is 3. The first-order valence-corrected chi connectivity index (χ1v) is 7.21. The van der Waals surface area contributed by atoms with Gasteiger partial charge in [-0.3, -0.25) is 9.36 Å². The van der Waals surface area contributed by atoms with Crippen LogP contribution in [0.15, 0.2) is 30.9 Å². The second-order valence-electron chi connectivity index (χ2n) is 5.37. The zero-order valence-corrected chi connectivity index (χ0v) is 12.0. The first kappa shape index (κ1) is 13.8. The normalized spacial score (nSPS) is 18.4. The van der Waals surface area contributed by atoms with Crippen LogP contribution in [0.3, 0.4) is 0 Å². The number of piperidine rings is 1. The maximum atomic E-state index is 12.4. The van der Waals surface area contributed by atoms with Crippen molar-refractivity contribution in [2.75, 3.05) is 13.1 Å². The number of nitrogens with one attached hydrogen (secondary N) is 2. The molecule has 6 heteroatoms. The predicted molar refractivity (Wildman–Crippen MR) is 79.5 cm³/mol. The molecular formula is C15H19N5O. The average Bonchev–Trinajstić information content (AvgIpc) is 3.02. The number of hydrogen-bond donors (Lipinski definition) is 2. The molecule has 110 valence electrons. The number of aryl methyl sites for hydroxylation is 1. The standard InChI is InChI=1S/C15H19N5O/c1-11-7-13(15(21)18-12-3-2-4-16-9-12)19-14(8-11)20-6-5-17-10-20/h5-8,10,12,16H,2-4,9H2,1H3,(H,18,21)/t12-/m0/s1. The van der Waals surface area contributed by atoms with E-state index in [0.717, 1.165) is 31.5 Å². The lowest BCUT2D eigenvalue weighted by Crippen LogP contribution is -2.45. The van der Waals surface area contributed by atoms with Gasteiger partial charge in [-0.2, -0.15) is 0 Å². The van der Waals surface area contributed by atoms with E-state index in [1.807, 2.05) is 25.3 Å². The molecule has 0 aromatic carbocycles. The van der Waals surface area contributed by atoms with Crippen molar-refractivity contribution in [1.82, 2.24) is 25.2 Å². The van der Waals surface area contributed by atoms with E-state index >= 15 is 0 Å². The molecule has 2 N–H and O–H groups in total. The number of carbonyl (C=O) groups is 1. The van der Waals surface area contributed by atoms with Crippen molar-refractivity contribution in [3.8, 4) is 5.82 Å². The summed E-state index contributed by atoms with van der Waals surface area (Å²) in [5.41, 5.74) is 1.45. The van der Waals surface area contributed by atoms with Crippen molar-refractivity contribution < 1.29 is 4.79 Å². The van der Waals surface area contributed by atoms with E-state index < -0.39 is 0 Å². The molecule has 0 spiro atoms. The molecule has 3 heterocycles. The number of pyridine rings is 1. The van der Waals surface area contributed by atoms with Crippen LogP contribution in [0.2, 0.25) is 0 Å². The summed E-state index contributed by atoms with van der Waals surface area (Å²) in [7, 11) is 0. The fourth-order valence-electron chi connectivity index (χ4n) is 2.53. The molecule has 1 atom stereocenters. The Morgan fingerprint density at radius 1 is 1.48 bits per heavy atom. The van der Waals surface area contributed by atoms with Gasteiger partial charge in [-0.1, -0.05) is 0 Å². The smallest absolute Gasteiger partial charge is 0.270 e. The fraction of sp³-hybridized carbons (Fsp3) is 0.400. The van der Waals surface area contributed by atoms with E-state index in [2.05, 4.69) is 20.6 Å². The van der Waals surface area contributed by atoms with Crippen LogP contribution in [0.1, 0.15) is 28.9 Å². The zero-order valence-electron chi connectivity index (χ0n) is 12.0. The van der Waals surface area contributed by atoms with E-state index in [1.54, 1.807) is 17.1 Å². The zero-order chi connectivity index (χ0) is 14.7. The lowest BCUT2D eigenvalue weighted by atomic mass is 10.1. The summed E-state index contributed by atoms with van der Waals surface area (Å²) in [4.78, 5) is 20.8. The molecule has 0 unspecified atom stereocenters. The third-order valence-corrected chi connectivity index (χ3v) is 3.59. The van der Waals surface area contributed by atoms with E-state index in [4.69, 9.17) is 0 Å². The molecule has 0 bridgehead atoms. The number of nitrogens with zero attached hydrogens (tertiary/aromatic N) is 3. The second-order valence-corrected chi connectivity index (χ2v) is 5.37. The molecule has 1 aliphatic rings. The Kier molecular flexibility index (Phi) is 3.96. The molecule has 1 fully saturated rings. The number of hydrogen-bond acceptors (Lipinski definition) is 4. The van der Waals surface area contributed by atoms with Gasteiger partial charge in [0.1, 0.15) is 17.8 Å². The maximum absolute atomic E-state index is 12.4. The highest BCUT2D eigenvalue weighted by atomic mass is 16.1. The number of aromatic nitrogens is 3. The van der Waals surface area contributed by atoms with Crippen LogP contribution in [0.25, 0.3) is 5.82 Å². The molecule has 0 aliphatic carbocycles. The summed E-state index contributed by atoms with van der Waals surface area (Å²) < 4.78 is 1.80. The van der Waals surface area contributed by atoms with Crippen molar-refractivity contribution in [3.05, 3.63) is 42.1 Å². The van der Waals surface area contributed by atoms with E-state index in [1.165, 1.54) is 0 Å². The van der Waals surface area contributed by atoms with Crippen molar-refractivity contribution in [2.24, 2.45) is 0 Å². The summed E-state index contributed by atoms with van der Waals surface area (Å²) in [6, 6.07) is 3.93. The largest absolute Gasteiger partial charge is 0.347 e. The first-order valence-electron chi connectivity index (χ1n) is 7.21. The average molecular weight is 285 g/mol. The highest BCUT2D eigenvalue weighted by Crippen LogP contribution is 2.10. The molecule has 1 amide bonds. The third-order valence-electron chi connectivity index (χ3n) is 3.59. The minimum atomic E-state index is -0.117. The Morgan fingerprint density at radius 2 is 2.38 bits per heavy atom. The minimum absolute atomic E-state index is 0.117. The van der Waals surface area contributed by atoms with Gasteiger partial charge < -0.3 is 10.6 Å². The number of carbonyl (C=O) groups excluding carboxylic acids is 1. The third kappa shape index (κ3) is 3.28. The Labute approximate surface area is 123 Å². The quantitative estimate of drug-likeness (QED) is 0.884. The van der Waals surface area contributed by atoms with Crippen LogP contribution in [0.5, 0.6) is 0 Å². The van der Waals surface area contributed by atoms with Crippen molar-refractivity contribution in [3.63, 3.8) is 0 Å². The molecule has 1 saturated heterocycles. The predicted octanol–water partition coefficient (Wildman–Crippen LogP) is 1.06. The van der Waals surface area contributed by atoms with E-state index in [9.17, 15) is 4.79 Å². The van der Waals surface area contributed by atoms with Crippen molar-refractivity contribution >= 4 is 5.91 Å². The summed E-state index contributed by atoms with van der Waals surface area (Å²) in [6.07, 6.45) is 7.28. The molecular weight excluding hydrogens is 266 g/mol. The molecule has 2 aromatic heterocycles. The van der Waals surface area contributed by atoms with Crippen LogP contribution in [0, 0.1) is 6.92 Å². The van der Waals surface area contributed by atoms with Gasteiger partial charge in [-0.25, -0.2) is 9.97 Å². The Hall–Kier alpha value is -2.21.